The Bertz CT molecular complexity index is 1070. The number of nitro benzene ring substituents is 1. The SMILES string of the molecule is O=[N+]([O-])c1ccccc1N=c1scc(-c2cc(Cl)ccc2Cl)n1C1CC1. The normalized spacial score (nSPS) is 14.6. The number of benzene rings is 2. The van der Waals surface area contributed by atoms with Crippen molar-refractivity contribution in [3.05, 3.63) is 72.8 Å². The van der Waals surface area contributed by atoms with Gasteiger partial charge in [-0.3, -0.25) is 10.1 Å². The van der Waals surface area contributed by atoms with E-state index in [4.69, 9.17) is 23.2 Å². The number of hydrogen-bond acceptors (Lipinski definition) is 4. The molecular formula is C18H13Cl2N3O2S. The number of aromatic nitrogens is 1. The Morgan fingerprint density at radius 2 is 1.96 bits per heavy atom. The Kier molecular flexibility index (Phi) is 4.56. The molecule has 0 saturated heterocycles. The van der Waals surface area contributed by atoms with E-state index in [2.05, 4.69) is 9.56 Å². The summed E-state index contributed by atoms with van der Waals surface area (Å²) in [6.45, 7) is 0. The lowest BCUT2D eigenvalue weighted by Gasteiger charge is -2.09. The molecule has 26 heavy (non-hydrogen) atoms. The minimum absolute atomic E-state index is 0.00872. The molecule has 4 rings (SSSR count). The third-order valence-corrected chi connectivity index (χ3v) is 5.56. The van der Waals surface area contributed by atoms with Crippen molar-refractivity contribution in [1.82, 2.24) is 4.57 Å². The fraction of sp³-hybridized carbons (Fsp3) is 0.167. The zero-order valence-corrected chi connectivity index (χ0v) is 15.8. The molecule has 8 heteroatoms. The van der Waals surface area contributed by atoms with Crippen LogP contribution in [0.25, 0.3) is 11.3 Å². The average Bonchev–Trinajstić information content (AvgIpc) is 3.38. The second-order valence-corrected chi connectivity index (χ2v) is 7.67. The lowest BCUT2D eigenvalue weighted by atomic mass is 10.1. The second-order valence-electron chi connectivity index (χ2n) is 5.99. The van der Waals surface area contributed by atoms with Crippen molar-refractivity contribution in [2.45, 2.75) is 18.9 Å². The first-order valence-corrected chi connectivity index (χ1v) is 9.62. The lowest BCUT2D eigenvalue weighted by molar-refractivity contribution is -0.384. The second kappa shape index (κ2) is 6.87. The molecule has 0 N–H and O–H groups in total. The molecule has 0 unspecified atom stereocenters. The fourth-order valence-corrected chi connectivity index (χ4v) is 4.15. The van der Waals surface area contributed by atoms with Crippen LogP contribution >= 0.6 is 34.5 Å². The highest BCUT2D eigenvalue weighted by Crippen LogP contribution is 2.40. The van der Waals surface area contributed by atoms with Crippen LogP contribution in [-0.4, -0.2) is 9.49 Å². The number of thiazole rings is 1. The minimum Gasteiger partial charge on any atom is -0.313 e. The van der Waals surface area contributed by atoms with E-state index in [9.17, 15) is 10.1 Å². The summed E-state index contributed by atoms with van der Waals surface area (Å²) in [5, 5.41) is 14.5. The van der Waals surface area contributed by atoms with Gasteiger partial charge in [-0.2, -0.15) is 0 Å². The van der Waals surface area contributed by atoms with Crippen LogP contribution in [0.4, 0.5) is 11.4 Å². The Hall–Kier alpha value is -2.15. The average molecular weight is 406 g/mol. The molecule has 0 aliphatic heterocycles. The molecule has 1 aromatic heterocycles. The summed E-state index contributed by atoms with van der Waals surface area (Å²) < 4.78 is 2.11. The van der Waals surface area contributed by atoms with Crippen molar-refractivity contribution in [2.24, 2.45) is 4.99 Å². The molecule has 1 saturated carbocycles. The molecule has 1 heterocycles. The zero-order valence-electron chi connectivity index (χ0n) is 13.4. The quantitative estimate of drug-likeness (QED) is 0.394. The predicted octanol–water partition coefficient (Wildman–Crippen LogP) is 6.00. The summed E-state index contributed by atoms with van der Waals surface area (Å²) in [4.78, 5) is 16.1. The summed E-state index contributed by atoms with van der Waals surface area (Å²) in [5.74, 6) is 0. The van der Waals surface area contributed by atoms with Crippen LogP contribution in [0.1, 0.15) is 18.9 Å². The van der Waals surface area contributed by atoms with Crippen LogP contribution in [0.15, 0.2) is 52.8 Å². The first-order valence-electron chi connectivity index (χ1n) is 7.98. The largest absolute Gasteiger partial charge is 0.313 e. The van der Waals surface area contributed by atoms with Crippen molar-refractivity contribution in [1.29, 1.82) is 0 Å². The Labute approximate surface area is 163 Å². The van der Waals surface area contributed by atoms with Gasteiger partial charge in [-0.15, -0.1) is 11.3 Å². The molecule has 0 bridgehead atoms. The van der Waals surface area contributed by atoms with Gasteiger partial charge in [-0.1, -0.05) is 35.3 Å². The summed E-state index contributed by atoms with van der Waals surface area (Å²) in [6.07, 6.45) is 2.10. The molecule has 0 amide bonds. The van der Waals surface area contributed by atoms with Gasteiger partial charge in [0.2, 0.25) is 0 Å². The fourth-order valence-electron chi connectivity index (χ4n) is 2.79. The summed E-state index contributed by atoms with van der Waals surface area (Å²) in [5.41, 5.74) is 2.11. The summed E-state index contributed by atoms with van der Waals surface area (Å²) in [7, 11) is 0. The van der Waals surface area contributed by atoms with Crippen molar-refractivity contribution in [3.63, 3.8) is 0 Å². The number of hydrogen-bond donors (Lipinski definition) is 0. The molecule has 3 aromatic rings. The first kappa shape index (κ1) is 17.3. The molecule has 0 radical (unpaired) electrons. The van der Waals surface area contributed by atoms with Crippen molar-refractivity contribution >= 4 is 45.9 Å². The predicted molar refractivity (Wildman–Crippen MR) is 104 cm³/mol. The molecule has 0 atom stereocenters. The first-order chi connectivity index (χ1) is 12.5. The van der Waals surface area contributed by atoms with E-state index < -0.39 is 4.92 Å². The Morgan fingerprint density at radius 1 is 1.19 bits per heavy atom. The highest BCUT2D eigenvalue weighted by Gasteiger charge is 2.28. The number of rotatable bonds is 4. The smallest absolute Gasteiger partial charge is 0.294 e. The van der Waals surface area contributed by atoms with E-state index >= 15 is 0 Å². The lowest BCUT2D eigenvalue weighted by Crippen LogP contribution is -2.14. The molecule has 1 aliphatic rings. The summed E-state index contributed by atoms with van der Waals surface area (Å²) >= 11 is 14.0. The minimum atomic E-state index is -0.414. The summed E-state index contributed by atoms with van der Waals surface area (Å²) in [6, 6.07) is 12.2. The van der Waals surface area contributed by atoms with Crippen molar-refractivity contribution in [2.75, 3.05) is 0 Å². The van der Waals surface area contributed by atoms with E-state index in [1.165, 1.54) is 17.4 Å². The maximum absolute atomic E-state index is 11.3. The van der Waals surface area contributed by atoms with Gasteiger partial charge in [-0.25, -0.2) is 4.99 Å². The van der Waals surface area contributed by atoms with Crippen LogP contribution < -0.4 is 4.80 Å². The van der Waals surface area contributed by atoms with Gasteiger partial charge >= 0.3 is 0 Å². The monoisotopic (exact) mass is 405 g/mol. The van der Waals surface area contributed by atoms with Crippen LogP contribution in [0.3, 0.4) is 0 Å². The zero-order chi connectivity index (χ0) is 18.3. The van der Waals surface area contributed by atoms with E-state index in [-0.39, 0.29) is 5.69 Å². The van der Waals surface area contributed by atoms with Gasteiger partial charge in [0.25, 0.3) is 5.69 Å². The standard InChI is InChI=1S/C18H13Cl2N3O2S/c19-11-5-8-14(20)13(9-11)17-10-26-18(22(17)12-6-7-12)21-15-3-1-2-4-16(15)23(24)25/h1-5,8-10,12H,6-7H2. The van der Waals surface area contributed by atoms with Crippen molar-refractivity contribution in [3.8, 4) is 11.3 Å². The molecule has 2 aromatic carbocycles. The van der Waals surface area contributed by atoms with Gasteiger partial charge < -0.3 is 4.57 Å². The molecule has 132 valence electrons. The van der Waals surface area contributed by atoms with Crippen LogP contribution in [0.5, 0.6) is 0 Å². The van der Waals surface area contributed by atoms with Crippen LogP contribution in [-0.2, 0) is 0 Å². The van der Waals surface area contributed by atoms with Crippen molar-refractivity contribution < 1.29 is 4.92 Å². The number of nitro groups is 1. The highest BCUT2D eigenvalue weighted by atomic mass is 35.5. The number of para-hydroxylation sites is 2. The Balaban J connectivity index is 1.91. The van der Waals surface area contributed by atoms with Gasteiger partial charge in [0.15, 0.2) is 4.80 Å². The van der Waals surface area contributed by atoms with E-state index in [1.54, 1.807) is 30.3 Å². The maximum atomic E-state index is 11.3. The Morgan fingerprint density at radius 3 is 2.69 bits per heavy atom. The molecule has 0 spiro atoms. The third-order valence-electron chi connectivity index (χ3n) is 4.15. The number of halogens is 2. The van der Waals surface area contributed by atoms with Crippen LogP contribution in [0.2, 0.25) is 10.0 Å². The molecule has 1 fully saturated rings. The van der Waals surface area contributed by atoms with Gasteiger partial charge in [0.1, 0.15) is 5.69 Å². The van der Waals surface area contributed by atoms with Gasteiger partial charge in [-0.05, 0) is 37.1 Å². The third kappa shape index (κ3) is 3.28. The molecule has 1 aliphatic carbocycles. The van der Waals surface area contributed by atoms with E-state index in [0.29, 0.717) is 26.6 Å². The van der Waals surface area contributed by atoms with Gasteiger partial charge in [0, 0.05) is 28.1 Å². The number of nitrogens with zero attached hydrogens (tertiary/aromatic N) is 3. The highest BCUT2D eigenvalue weighted by molar-refractivity contribution is 7.07. The van der Waals surface area contributed by atoms with E-state index in [1.807, 2.05) is 11.4 Å². The van der Waals surface area contributed by atoms with E-state index in [0.717, 1.165) is 24.1 Å². The maximum Gasteiger partial charge on any atom is 0.294 e. The molecular weight excluding hydrogens is 393 g/mol. The topological polar surface area (TPSA) is 60.4 Å². The van der Waals surface area contributed by atoms with Crippen LogP contribution in [0, 0.1) is 10.1 Å². The van der Waals surface area contributed by atoms with Gasteiger partial charge in [0.05, 0.1) is 15.6 Å². The molecule has 5 nitrogen and oxygen atoms in total.